The Morgan fingerprint density at radius 2 is 1.88 bits per heavy atom. The van der Waals surface area contributed by atoms with Crippen LogP contribution in [0.15, 0.2) is 41.0 Å². The lowest BCUT2D eigenvalue weighted by molar-refractivity contribution is -0.0767. The minimum absolute atomic E-state index is 0.104. The van der Waals surface area contributed by atoms with Crippen molar-refractivity contribution < 1.29 is 19.1 Å². The molecule has 1 aromatic heterocycles. The highest BCUT2D eigenvalue weighted by Crippen LogP contribution is 2.25. The summed E-state index contributed by atoms with van der Waals surface area (Å²) in [6, 6.07) is 9.84. The number of amides is 1. The average Bonchev–Trinajstić information content (AvgIpc) is 2.94. The number of aliphatic hydroxyl groups is 1. The maximum Gasteiger partial charge on any atom is 0.258 e. The van der Waals surface area contributed by atoms with Gasteiger partial charge in [-0.25, -0.2) is 0 Å². The average molecular weight is 343 g/mol. The van der Waals surface area contributed by atoms with E-state index in [1.165, 1.54) is 0 Å². The number of carbonyl (C=O) groups is 1. The molecule has 1 N–H and O–H groups in total. The Labute approximate surface area is 148 Å². The zero-order valence-corrected chi connectivity index (χ0v) is 14.8. The van der Waals surface area contributed by atoms with E-state index in [1.54, 1.807) is 18.1 Å². The van der Waals surface area contributed by atoms with E-state index in [2.05, 4.69) is 0 Å². The van der Waals surface area contributed by atoms with E-state index in [4.69, 9.17) is 9.15 Å². The molecule has 0 aliphatic carbocycles. The molecule has 2 aromatic rings. The maximum atomic E-state index is 13.2. The molecular formula is C20H25NO4. The Morgan fingerprint density at radius 1 is 1.20 bits per heavy atom. The van der Waals surface area contributed by atoms with Crippen LogP contribution in [0.5, 0.6) is 0 Å². The largest absolute Gasteiger partial charge is 0.469 e. The second-order valence-corrected chi connectivity index (χ2v) is 6.83. The predicted molar refractivity (Wildman–Crippen MR) is 94.4 cm³/mol. The Bertz CT molecular complexity index is 697. The molecule has 1 saturated heterocycles. The summed E-state index contributed by atoms with van der Waals surface area (Å²) in [5.41, 5.74) is 1.53. The normalized spacial score (nSPS) is 16.6. The molecule has 3 rings (SSSR count). The number of furan rings is 1. The van der Waals surface area contributed by atoms with Crippen LogP contribution in [-0.4, -0.2) is 41.3 Å². The Hall–Kier alpha value is -2.11. The van der Waals surface area contributed by atoms with Gasteiger partial charge in [-0.1, -0.05) is 30.3 Å². The highest BCUT2D eigenvalue weighted by atomic mass is 16.5. The molecule has 0 unspecified atom stereocenters. The van der Waals surface area contributed by atoms with E-state index in [0.29, 0.717) is 43.9 Å². The van der Waals surface area contributed by atoms with Crippen molar-refractivity contribution in [1.82, 2.24) is 4.90 Å². The van der Waals surface area contributed by atoms with E-state index in [9.17, 15) is 9.90 Å². The van der Waals surface area contributed by atoms with E-state index in [0.717, 1.165) is 11.1 Å². The number of aryl methyl sites for hydroxylation is 2. The van der Waals surface area contributed by atoms with Gasteiger partial charge in [0.2, 0.25) is 0 Å². The lowest BCUT2D eigenvalue weighted by Gasteiger charge is -2.37. The minimum atomic E-state index is -0.908. The minimum Gasteiger partial charge on any atom is -0.469 e. The predicted octanol–water partition coefficient (Wildman–Crippen LogP) is 3.08. The van der Waals surface area contributed by atoms with Crippen LogP contribution in [-0.2, 0) is 11.3 Å². The van der Waals surface area contributed by atoms with Crippen LogP contribution in [0.2, 0.25) is 0 Å². The first-order chi connectivity index (χ1) is 12.0. The van der Waals surface area contributed by atoms with Gasteiger partial charge in [-0.15, -0.1) is 0 Å². The molecule has 0 saturated carbocycles. The summed E-state index contributed by atoms with van der Waals surface area (Å²) in [4.78, 5) is 14.9. The van der Waals surface area contributed by atoms with Gasteiger partial charge in [0.25, 0.3) is 5.91 Å². The quantitative estimate of drug-likeness (QED) is 0.906. The van der Waals surface area contributed by atoms with Crippen molar-refractivity contribution in [3.05, 3.63) is 59.0 Å². The van der Waals surface area contributed by atoms with E-state index in [1.807, 2.05) is 37.3 Å². The van der Waals surface area contributed by atoms with Gasteiger partial charge in [-0.3, -0.25) is 4.79 Å². The van der Waals surface area contributed by atoms with Crippen molar-refractivity contribution in [3.8, 4) is 0 Å². The number of hydrogen-bond donors (Lipinski definition) is 1. The zero-order chi connectivity index (χ0) is 17.9. The SMILES string of the molecule is Cc1coc(C)c1C(=O)N(Cc1ccccc1)CC1(O)CCOCC1. The van der Waals surface area contributed by atoms with Crippen molar-refractivity contribution in [3.63, 3.8) is 0 Å². The lowest BCUT2D eigenvalue weighted by atomic mass is 9.93. The number of carbonyl (C=O) groups excluding carboxylic acids is 1. The second-order valence-electron chi connectivity index (χ2n) is 6.83. The molecule has 0 radical (unpaired) electrons. The summed E-state index contributed by atoms with van der Waals surface area (Å²) in [5.74, 6) is 0.507. The zero-order valence-electron chi connectivity index (χ0n) is 14.8. The van der Waals surface area contributed by atoms with Crippen molar-refractivity contribution in [1.29, 1.82) is 0 Å². The van der Waals surface area contributed by atoms with Crippen molar-refractivity contribution in [2.75, 3.05) is 19.8 Å². The third-order valence-corrected chi connectivity index (χ3v) is 4.78. The van der Waals surface area contributed by atoms with Crippen LogP contribution in [0.1, 0.15) is 40.1 Å². The highest BCUT2D eigenvalue weighted by Gasteiger charge is 2.35. The molecule has 0 atom stereocenters. The fourth-order valence-electron chi connectivity index (χ4n) is 3.32. The molecule has 1 aliphatic heterocycles. The number of ether oxygens (including phenoxy) is 1. The standard InChI is InChI=1S/C20H25NO4/c1-15-13-25-16(2)18(15)19(22)21(12-17-6-4-3-5-7-17)14-20(23)8-10-24-11-9-20/h3-7,13,23H,8-12,14H2,1-2H3. The Balaban J connectivity index is 1.87. The first kappa shape index (κ1) is 17.7. The van der Waals surface area contributed by atoms with Crippen LogP contribution in [0.3, 0.4) is 0 Å². The summed E-state index contributed by atoms with van der Waals surface area (Å²) in [6.07, 6.45) is 2.68. The Kier molecular flexibility index (Phi) is 5.25. The summed E-state index contributed by atoms with van der Waals surface area (Å²) in [7, 11) is 0. The summed E-state index contributed by atoms with van der Waals surface area (Å²) >= 11 is 0. The van der Waals surface area contributed by atoms with Crippen LogP contribution >= 0.6 is 0 Å². The topological polar surface area (TPSA) is 62.9 Å². The van der Waals surface area contributed by atoms with Crippen molar-refractivity contribution in [2.45, 2.75) is 38.8 Å². The number of benzene rings is 1. The van der Waals surface area contributed by atoms with Gasteiger partial charge in [0.1, 0.15) is 5.76 Å². The molecule has 1 fully saturated rings. The third-order valence-electron chi connectivity index (χ3n) is 4.78. The monoisotopic (exact) mass is 343 g/mol. The fraction of sp³-hybridized carbons (Fsp3) is 0.450. The molecule has 5 heteroatoms. The molecule has 1 aromatic carbocycles. The summed E-state index contributed by atoms with van der Waals surface area (Å²) in [6.45, 7) is 5.44. The first-order valence-electron chi connectivity index (χ1n) is 8.66. The smallest absolute Gasteiger partial charge is 0.258 e. The highest BCUT2D eigenvalue weighted by molar-refractivity contribution is 5.96. The molecule has 5 nitrogen and oxygen atoms in total. The molecule has 0 bridgehead atoms. The van der Waals surface area contributed by atoms with Gasteiger partial charge >= 0.3 is 0 Å². The number of rotatable bonds is 5. The van der Waals surface area contributed by atoms with Gasteiger partial charge in [-0.05, 0) is 19.4 Å². The van der Waals surface area contributed by atoms with Crippen LogP contribution in [0.25, 0.3) is 0 Å². The van der Waals surface area contributed by atoms with E-state index >= 15 is 0 Å². The molecule has 134 valence electrons. The molecule has 25 heavy (non-hydrogen) atoms. The molecule has 2 heterocycles. The summed E-state index contributed by atoms with van der Waals surface area (Å²) < 4.78 is 10.8. The van der Waals surface area contributed by atoms with Gasteiger partial charge in [0.15, 0.2) is 0 Å². The van der Waals surface area contributed by atoms with Crippen LogP contribution in [0, 0.1) is 13.8 Å². The van der Waals surface area contributed by atoms with Crippen molar-refractivity contribution in [2.24, 2.45) is 0 Å². The second kappa shape index (κ2) is 7.42. The molecule has 1 amide bonds. The number of nitrogens with zero attached hydrogens (tertiary/aromatic N) is 1. The maximum absolute atomic E-state index is 13.2. The van der Waals surface area contributed by atoms with Crippen molar-refractivity contribution >= 4 is 5.91 Å². The van der Waals surface area contributed by atoms with Crippen LogP contribution in [0.4, 0.5) is 0 Å². The van der Waals surface area contributed by atoms with E-state index < -0.39 is 5.60 Å². The van der Waals surface area contributed by atoms with Gasteiger partial charge in [-0.2, -0.15) is 0 Å². The van der Waals surface area contributed by atoms with Gasteiger partial charge in [0, 0.05) is 38.2 Å². The van der Waals surface area contributed by atoms with Gasteiger partial charge < -0.3 is 19.2 Å². The fourth-order valence-corrected chi connectivity index (χ4v) is 3.32. The number of hydrogen-bond acceptors (Lipinski definition) is 4. The lowest BCUT2D eigenvalue weighted by Crippen LogP contribution is -2.48. The molecular weight excluding hydrogens is 318 g/mol. The van der Waals surface area contributed by atoms with Crippen LogP contribution < -0.4 is 0 Å². The molecule has 1 aliphatic rings. The third kappa shape index (κ3) is 4.11. The first-order valence-corrected chi connectivity index (χ1v) is 8.66. The Morgan fingerprint density at radius 3 is 2.48 bits per heavy atom. The van der Waals surface area contributed by atoms with Gasteiger partial charge in [0.05, 0.1) is 24.0 Å². The summed E-state index contributed by atoms with van der Waals surface area (Å²) in [5, 5.41) is 10.9. The van der Waals surface area contributed by atoms with E-state index in [-0.39, 0.29) is 12.5 Å². The molecule has 0 spiro atoms.